The van der Waals surface area contributed by atoms with Gasteiger partial charge in [-0.2, -0.15) is 0 Å². The van der Waals surface area contributed by atoms with Crippen molar-refractivity contribution in [3.8, 4) is 0 Å². The number of piperazine rings is 2. The molecule has 2 fully saturated rings. The van der Waals surface area contributed by atoms with Crippen LogP contribution in [-0.2, 0) is 9.59 Å². The van der Waals surface area contributed by atoms with Crippen molar-refractivity contribution in [3.05, 3.63) is 0 Å². The van der Waals surface area contributed by atoms with Crippen molar-refractivity contribution in [2.24, 2.45) is 0 Å². The van der Waals surface area contributed by atoms with Crippen LogP contribution in [0.5, 0.6) is 0 Å². The van der Waals surface area contributed by atoms with Crippen molar-refractivity contribution in [2.75, 3.05) is 52.4 Å². The molecular weight excluding hydrogens is 256 g/mol. The van der Waals surface area contributed by atoms with Crippen molar-refractivity contribution in [1.29, 1.82) is 0 Å². The van der Waals surface area contributed by atoms with Crippen molar-refractivity contribution in [3.63, 3.8) is 0 Å². The SMILES string of the molecule is CC(=O)N1CCN(C(=O)CN2CCNCC2(C)C)CC1. The molecule has 114 valence electrons. The van der Waals surface area contributed by atoms with Crippen molar-refractivity contribution >= 4 is 11.8 Å². The molecular formula is C14H26N4O2. The minimum absolute atomic E-state index is 0.0229. The molecule has 0 aromatic rings. The number of nitrogens with one attached hydrogen (secondary N) is 1. The van der Waals surface area contributed by atoms with Gasteiger partial charge in [0.15, 0.2) is 0 Å². The highest BCUT2D eigenvalue weighted by molar-refractivity contribution is 5.79. The molecule has 0 aromatic heterocycles. The lowest BCUT2D eigenvalue weighted by molar-refractivity contribution is -0.140. The summed E-state index contributed by atoms with van der Waals surface area (Å²) in [5, 5.41) is 3.37. The molecule has 0 unspecified atom stereocenters. The van der Waals surface area contributed by atoms with Crippen LogP contribution in [0.15, 0.2) is 0 Å². The quantitative estimate of drug-likeness (QED) is 0.732. The molecule has 0 aromatic carbocycles. The maximum Gasteiger partial charge on any atom is 0.236 e. The van der Waals surface area contributed by atoms with Gasteiger partial charge in [0.05, 0.1) is 6.54 Å². The lowest BCUT2D eigenvalue weighted by Gasteiger charge is -2.43. The summed E-state index contributed by atoms with van der Waals surface area (Å²) in [4.78, 5) is 29.6. The third kappa shape index (κ3) is 3.49. The molecule has 2 aliphatic rings. The van der Waals surface area contributed by atoms with E-state index in [-0.39, 0.29) is 17.4 Å². The van der Waals surface area contributed by atoms with E-state index in [1.54, 1.807) is 11.8 Å². The predicted octanol–water partition coefficient (Wildman–Crippen LogP) is -0.639. The van der Waals surface area contributed by atoms with Crippen molar-refractivity contribution in [1.82, 2.24) is 20.0 Å². The average molecular weight is 282 g/mol. The summed E-state index contributed by atoms with van der Waals surface area (Å²) in [7, 11) is 0. The van der Waals surface area contributed by atoms with Gasteiger partial charge in [-0.05, 0) is 13.8 Å². The van der Waals surface area contributed by atoms with E-state index in [2.05, 4.69) is 24.1 Å². The topological polar surface area (TPSA) is 55.9 Å². The summed E-state index contributed by atoms with van der Waals surface area (Å²) in [5.41, 5.74) is 0.0229. The number of hydrogen-bond donors (Lipinski definition) is 1. The van der Waals surface area contributed by atoms with Crippen LogP contribution >= 0.6 is 0 Å². The number of carbonyl (C=O) groups is 2. The Morgan fingerprint density at radius 3 is 2.20 bits per heavy atom. The second-order valence-electron chi connectivity index (χ2n) is 6.30. The Morgan fingerprint density at radius 1 is 1.05 bits per heavy atom. The molecule has 2 aliphatic heterocycles. The van der Waals surface area contributed by atoms with Gasteiger partial charge in [-0.3, -0.25) is 14.5 Å². The number of carbonyl (C=O) groups excluding carboxylic acids is 2. The second-order valence-corrected chi connectivity index (χ2v) is 6.30. The monoisotopic (exact) mass is 282 g/mol. The van der Waals surface area contributed by atoms with Crippen LogP contribution in [0.1, 0.15) is 20.8 Å². The van der Waals surface area contributed by atoms with Crippen LogP contribution in [0.25, 0.3) is 0 Å². The lowest BCUT2D eigenvalue weighted by Crippen LogP contribution is -2.61. The number of hydrogen-bond acceptors (Lipinski definition) is 4. The van der Waals surface area contributed by atoms with Gasteiger partial charge in [0.25, 0.3) is 0 Å². The van der Waals surface area contributed by atoms with Gasteiger partial charge in [-0.25, -0.2) is 0 Å². The van der Waals surface area contributed by atoms with Gasteiger partial charge in [0.2, 0.25) is 11.8 Å². The molecule has 1 N–H and O–H groups in total. The zero-order chi connectivity index (χ0) is 14.8. The molecule has 0 spiro atoms. The van der Waals surface area contributed by atoms with E-state index in [0.717, 1.165) is 19.6 Å². The molecule has 20 heavy (non-hydrogen) atoms. The average Bonchev–Trinajstić information content (AvgIpc) is 2.41. The second kappa shape index (κ2) is 6.10. The van der Waals surface area contributed by atoms with E-state index < -0.39 is 0 Å². The van der Waals surface area contributed by atoms with Crippen LogP contribution in [0.2, 0.25) is 0 Å². The summed E-state index contributed by atoms with van der Waals surface area (Å²) < 4.78 is 0. The minimum Gasteiger partial charge on any atom is -0.339 e. The lowest BCUT2D eigenvalue weighted by atomic mass is 10.0. The van der Waals surface area contributed by atoms with E-state index in [9.17, 15) is 9.59 Å². The summed E-state index contributed by atoms with van der Waals surface area (Å²) in [5.74, 6) is 0.281. The molecule has 6 nitrogen and oxygen atoms in total. The Kier molecular flexibility index (Phi) is 4.65. The fourth-order valence-electron chi connectivity index (χ4n) is 2.85. The van der Waals surface area contributed by atoms with Gasteiger partial charge in [-0.1, -0.05) is 0 Å². The van der Waals surface area contributed by atoms with Crippen LogP contribution < -0.4 is 5.32 Å². The first-order valence-corrected chi connectivity index (χ1v) is 7.39. The standard InChI is InChI=1S/C14H26N4O2/c1-12(19)16-6-8-17(9-7-16)13(20)10-18-5-4-15-11-14(18,2)3/h15H,4-11H2,1-3H3. The number of amides is 2. The first kappa shape index (κ1) is 15.3. The molecule has 0 saturated carbocycles. The zero-order valence-electron chi connectivity index (χ0n) is 12.8. The molecule has 2 heterocycles. The molecule has 0 aliphatic carbocycles. The summed E-state index contributed by atoms with van der Waals surface area (Å²) in [6.45, 7) is 11.8. The molecule has 2 rings (SSSR count). The summed E-state index contributed by atoms with van der Waals surface area (Å²) in [6.07, 6.45) is 0. The largest absolute Gasteiger partial charge is 0.339 e. The molecule has 6 heteroatoms. The van der Waals surface area contributed by atoms with Gasteiger partial charge >= 0.3 is 0 Å². The van der Waals surface area contributed by atoms with Crippen molar-refractivity contribution < 1.29 is 9.59 Å². The molecule has 0 bridgehead atoms. The van der Waals surface area contributed by atoms with E-state index >= 15 is 0 Å². The first-order chi connectivity index (χ1) is 9.40. The highest BCUT2D eigenvalue weighted by Crippen LogP contribution is 2.16. The first-order valence-electron chi connectivity index (χ1n) is 7.39. The third-order valence-electron chi connectivity index (χ3n) is 4.38. The van der Waals surface area contributed by atoms with Crippen molar-refractivity contribution in [2.45, 2.75) is 26.3 Å². The fraction of sp³-hybridized carbons (Fsp3) is 0.857. The molecule has 0 atom stereocenters. The predicted molar refractivity (Wildman–Crippen MR) is 77.4 cm³/mol. The Bertz CT molecular complexity index is 375. The molecule has 0 radical (unpaired) electrons. The molecule has 2 saturated heterocycles. The molecule has 2 amide bonds. The maximum atomic E-state index is 12.4. The Balaban J connectivity index is 1.85. The number of rotatable bonds is 2. The van der Waals surface area contributed by atoms with E-state index in [1.165, 1.54) is 0 Å². The van der Waals surface area contributed by atoms with E-state index in [0.29, 0.717) is 32.7 Å². The third-order valence-corrected chi connectivity index (χ3v) is 4.38. The van der Waals surface area contributed by atoms with Gasteiger partial charge < -0.3 is 15.1 Å². The van der Waals surface area contributed by atoms with E-state index in [4.69, 9.17) is 0 Å². The smallest absolute Gasteiger partial charge is 0.236 e. The van der Waals surface area contributed by atoms with Gasteiger partial charge in [0.1, 0.15) is 0 Å². The highest BCUT2D eigenvalue weighted by Gasteiger charge is 2.32. The minimum atomic E-state index is 0.0229. The Labute approximate surface area is 121 Å². The van der Waals surface area contributed by atoms with E-state index in [1.807, 2.05) is 4.90 Å². The Hall–Kier alpha value is -1.14. The number of nitrogens with zero attached hydrogens (tertiary/aromatic N) is 3. The summed E-state index contributed by atoms with van der Waals surface area (Å²) in [6, 6.07) is 0. The Morgan fingerprint density at radius 2 is 1.65 bits per heavy atom. The summed E-state index contributed by atoms with van der Waals surface area (Å²) >= 11 is 0. The van der Waals surface area contributed by atoms with Crippen LogP contribution in [0.4, 0.5) is 0 Å². The fourth-order valence-corrected chi connectivity index (χ4v) is 2.85. The van der Waals surface area contributed by atoms with Crippen LogP contribution in [0.3, 0.4) is 0 Å². The van der Waals surface area contributed by atoms with Gasteiger partial charge in [-0.15, -0.1) is 0 Å². The van der Waals surface area contributed by atoms with Crippen LogP contribution in [0, 0.1) is 0 Å². The highest BCUT2D eigenvalue weighted by atomic mass is 16.2. The zero-order valence-corrected chi connectivity index (χ0v) is 12.8. The van der Waals surface area contributed by atoms with Crippen LogP contribution in [-0.4, -0.2) is 84.4 Å². The normalized spacial score (nSPS) is 23.8. The maximum absolute atomic E-state index is 12.4. The van der Waals surface area contributed by atoms with Gasteiger partial charge in [0, 0.05) is 58.3 Å².